The third-order valence-electron chi connectivity index (χ3n) is 5.03. The lowest BCUT2D eigenvalue weighted by molar-refractivity contribution is -0.119. The number of methoxy groups -OCH3 is 1. The van der Waals surface area contributed by atoms with Crippen molar-refractivity contribution >= 4 is 27.3 Å². The summed E-state index contributed by atoms with van der Waals surface area (Å²) in [7, 11) is -1.98. The Balaban J connectivity index is 1.62. The number of sulfone groups is 1. The quantitative estimate of drug-likeness (QED) is 0.695. The van der Waals surface area contributed by atoms with Crippen molar-refractivity contribution in [3.05, 3.63) is 59.7 Å². The number of carbonyl (C=O) groups excluding carboxylic acids is 2. The summed E-state index contributed by atoms with van der Waals surface area (Å²) in [5.41, 5.74) is 2.11. The fraction of sp³-hybridized carbons (Fsp3) is 0.364. The lowest BCUT2D eigenvalue weighted by Crippen LogP contribution is -2.35. The molecule has 2 aromatic rings. The molecule has 8 heteroatoms. The first kappa shape index (κ1) is 22.0. The van der Waals surface area contributed by atoms with Crippen molar-refractivity contribution in [2.24, 2.45) is 0 Å². The second-order valence-electron chi connectivity index (χ2n) is 7.19. The van der Waals surface area contributed by atoms with Gasteiger partial charge in [0.15, 0.2) is 9.84 Å². The van der Waals surface area contributed by atoms with Gasteiger partial charge in [-0.1, -0.05) is 12.1 Å². The first-order chi connectivity index (χ1) is 14.4. The molecule has 1 heterocycles. The fourth-order valence-electron chi connectivity index (χ4n) is 3.32. The van der Waals surface area contributed by atoms with Crippen molar-refractivity contribution in [1.29, 1.82) is 0 Å². The van der Waals surface area contributed by atoms with Gasteiger partial charge in [-0.15, -0.1) is 0 Å². The number of amides is 2. The predicted octanol–water partition coefficient (Wildman–Crippen LogP) is 2.55. The molecule has 0 aromatic heterocycles. The lowest BCUT2D eigenvalue weighted by Gasteiger charge is -2.27. The topological polar surface area (TPSA) is 92.8 Å². The van der Waals surface area contributed by atoms with E-state index >= 15 is 0 Å². The second-order valence-corrected chi connectivity index (χ2v) is 9.30. The van der Waals surface area contributed by atoms with Gasteiger partial charge in [0.25, 0.3) is 5.91 Å². The van der Waals surface area contributed by atoms with E-state index in [0.29, 0.717) is 25.1 Å². The van der Waals surface area contributed by atoms with Gasteiger partial charge >= 0.3 is 0 Å². The summed E-state index contributed by atoms with van der Waals surface area (Å²) in [5, 5.41) is 2.84. The Morgan fingerprint density at radius 3 is 2.60 bits per heavy atom. The molecule has 30 heavy (non-hydrogen) atoms. The third-order valence-corrected chi connectivity index (χ3v) is 6.73. The van der Waals surface area contributed by atoms with Crippen LogP contribution >= 0.6 is 0 Å². The van der Waals surface area contributed by atoms with Crippen LogP contribution in [0.15, 0.2) is 53.4 Å². The van der Waals surface area contributed by atoms with Crippen LogP contribution in [0, 0.1) is 0 Å². The van der Waals surface area contributed by atoms with Crippen LogP contribution in [0.3, 0.4) is 0 Å². The molecule has 0 unspecified atom stereocenters. The van der Waals surface area contributed by atoms with Crippen LogP contribution in [-0.4, -0.2) is 46.2 Å². The summed E-state index contributed by atoms with van der Waals surface area (Å²) in [4.78, 5) is 26.5. The van der Waals surface area contributed by atoms with Crippen molar-refractivity contribution in [2.75, 3.05) is 30.9 Å². The minimum absolute atomic E-state index is 0.106. The number of piperidine rings is 1. The number of hydrogen-bond acceptors (Lipinski definition) is 5. The molecule has 0 radical (unpaired) electrons. The maximum Gasteiger partial charge on any atom is 0.251 e. The Morgan fingerprint density at radius 1 is 1.13 bits per heavy atom. The molecule has 1 aliphatic heterocycles. The van der Waals surface area contributed by atoms with Gasteiger partial charge in [0, 0.05) is 37.9 Å². The van der Waals surface area contributed by atoms with Gasteiger partial charge in [0.05, 0.1) is 17.3 Å². The Kier molecular flexibility index (Phi) is 7.23. The van der Waals surface area contributed by atoms with E-state index in [4.69, 9.17) is 4.74 Å². The summed E-state index contributed by atoms with van der Waals surface area (Å²) >= 11 is 0. The molecule has 160 valence electrons. The van der Waals surface area contributed by atoms with Crippen LogP contribution in [0.25, 0.3) is 0 Å². The molecule has 1 aliphatic rings. The highest BCUT2D eigenvalue weighted by molar-refractivity contribution is 7.91. The fourth-order valence-corrected chi connectivity index (χ4v) is 4.49. The average molecular weight is 431 g/mol. The van der Waals surface area contributed by atoms with Crippen LogP contribution in [0.2, 0.25) is 0 Å². The minimum atomic E-state index is -3.43. The highest BCUT2D eigenvalue weighted by atomic mass is 32.2. The summed E-state index contributed by atoms with van der Waals surface area (Å²) in [6.45, 7) is 1.14. The summed E-state index contributed by atoms with van der Waals surface area (Å²) < 4.78 is 29.1. The van der Waals surface area contributed by atoms with Gasteiger partial charge in [-0.3, -0.25) is 9.59 Å². The highest BCUT2D eigenvalue weighted by Crippen LogP contribution is 2.22. The van der Waals surface area contributed by atoms with Gasteiger partial charge in [-0.2, -0.15) is 0 Å². The Morgan fingerprint density at radius 2 is 1.90 bits per heavy atom. The van der Waals surface area contributed by atoms with Crippen LogP contribution < -0.4 is 10.2 Å². The third kappa shape index (κ3) is 5.46. The molecule has 1 saturated heterocycles. The molecule has 0 saturated carbocycles. The molecule has 2 amide bonds. The number of nitrogens with zero attached hydrogens (tertiary/aromatic N) is 1. The molecule has 0 atom stereocenters. The van der Waals surface area contributed by atoms with E-state index in [0.717, 1.165) is 24.1 Å². The van der Waals surface area contributed by atoms with Crippen LogP contribution in [-0.2, 0) is 25.9 Å². The Bertz CT molecular complexity index is 1000. The van der Waals surface area contributed by atoms with Crippen molar-refractivity contribution in [2.45, 2.75) is 30.7 Å². The van der Waals surface area contributed by atoms with Crippen LogP contribution in [0.1, 0.15) is 35.2 Å². The molecular weight excluding hydrogens is 404 g/mol. The van der Waals surface area contributed by atoms with Gasteiger partial charge < -0.3 is 15.0 Å². The molecule has 1 N–H and O–H groups in total. The zero-order valence-electron chi connectivity index (χ0n) is 17.0. The number of nitrogens with one attached hydrogen (secondary N) is 1. The van der Waals surface area contributed by atoms with Crippen molar-refractivity contribution in [1.82, 2.24) is 5.32 Å². The van der Waals surface area contributed by atoms with E-state index in [9.17, 15) is 18.0 Å². The number of ether oxygens (including phenoxy) is 1. The zero-order chi connectivity index (χ0) is 21.6. The van der Waals surface area contributed by atoms with Gasteiger partial charge in [-0.05, 0) is 54.8 Å². The van der Waals surface area contributed by atoms with Gasteiger partial charge in [-0.25, -0.2) is 8.42 Å². The largest absolute Gasteiger partial charge is 0.384 e. The molecular formula is C22H26N2O5S. The van der Waals surface area contributed by atoms with E-state index in [2.05, 4.69) is 5.32 Å². The van der Waals surface area contributed by atoms with E-state index < -0.39 is 9.84 Å². The zero-order valence-corrected chi connectivity index (χ0v) is 17.8. The van der Waals surface area contributed by atoms with E-state index in [-0.39, 0.29) is 29.1 Å². The van der Waals surface area contributed by atoms with E-state index in [1.165, 1.54) is 31.4 Å². The minimum Gasteiger partial charge on any atom is -0.384 e. The lowest BCUT2D eigenvalue weighted by atomic mass is 10.1. The monoisotopic (exact) mass is 430 g/mol. The predicted molar refractivity (Wildman–Crippen MR) is 114 cm³/mol. The SMILES string of the molecule is COCCS(=O)(=O)c1ccc(C(=O)NCc2cccc(N3CCCCC3=O)c2)cc1. The van der Waals surface area contributed by atoms with Crippen molar-refractivity contribution in [3.8, 4) is 0 Å². The Labute approximate surface area is 177 Å². The van der Waals surface area contributed by atoms with Gasteiger partial charge in [0.2, 0.25) is 5.91 Å². The first-order valence-corrected chi connectivity index (χ1v) is 11.6. The number of rotatable bonds is 8. The number of hydrogen-bond donors (Lipinski definition) is 1. The molecule has 2 aromatic carbocycles. The standard InChI is InChI=1S/C22H26N2O5S/c1-29-13-14-30(27,28)20-10-8-18(9-11-20)22(26)23-16-17-5-4-6-19(15-17)24-12-3-2-7-21(24)25/h4-6,8-11,15H,2-3,7,12-14,16H2,1H3,(H,23,26). The summed E-state index contributed by atoms with van der Waals surface area (Å²) in [5.74, 6) is -0.275. The number of benzene rings is 2. The van der Waals surface area contributed by atoms with Crippen LogP contribution in [0.5, 0.6) is 0 Å². The number of anilines is 1. The summed E-state index contributed by atoms with van der Waals surface area (Å²) in [6.07, 6.45) is 2.49. The van der Waals surface area contributed by atoms with Crippen LogP contribution in [0.4, 0.5) is 5.69 Å². The number of carbonyl (C=O) groups is 2. The highest BCUT2D eigenvalue weighted by Gasteiger charge is 2.20. The van der Waals surface area contributed by atoms with Crippen molar-refractivity contribution in [3.63, 3.8) is 0 Å². The Hall–Kier alpha value is -2.71. The molecule has 7 nitrogen and oxygen atoms in total. The molecule has 0 spiro atoms. The van der Waals surface area contributed by atoms with E-state index in [1.54, 1.807) is 4.90 Å². The van der Waals surface area contributed by atoms with Gasteiger partial charge in [0.1, 0.15) is 0 Å². The normalized spacial score (nSPS) is 14.6. The molecule has 0 bridgehead atoms. The summed E-state index contributed by atoms with van der Waals surface area (Å²) in [6, 6.07) is 13.4. The second kappa shape index (κ2) is 9.86. The average Bonchev–Trinajstić information content (AvgIpc) is 2.76. The molecule has 0 aliphatic carbocycles. The van der Waals surface area contributed by atoms with Crippen molar-refractivity contribution < 1.29 is 22.7 Å². The molecule has 1 fully saturated rings. The maximum atomic E-state index is 12.4. The first-order valence-electron chi connectivity index (χ1n) is 9.90. The smallest absolute Gasteiger partial charge is 0.251 e. The molecule has 3 rings (SSSR count). The van der Waals surface area contributed by atoms with E-state index in [1.807, 2.05) is 24.3 Å². The maximum absolute atomic E-state index is 12.4.